The van der Waals surface area contributed by atoms with E-state index in [1.54, 1.807) is 24.3 Å². The number of benzene rings is 12. The molecule has 0 saturated heterocycles. The summed E-state index contributed by atoms with van der Waals surface area (Å²) in [5.41, 5.74) is 1.78. The first-order valence-corrected chi connectivity index (χ1v) is 33.7. The van der Waals surface area contributed by atoms with Crippen molar-refractivity contribution in [2.24, 2.45) is 10.8 Å². The van der Waals surface area contributed by atoms with Crippen LogP contribution in [0.25, 0.3) is 44.3 Å². The van der Waals surface area contributed by atoms with Crippen LogP contribution in [0.3, 0.4) is 0 Å². The maximum Gasteiger partial charge on any atom is 0.178 e. The van der Waals surface area contributed by atoms with E-state index in [2.05, 4.69) is 0 Å². The van der Waals surface area contributed by atoms with Crippen molar-refractivity contribution in [1.29, 1.82) is 0 Å². The highest BCUT2D eigenvalue weighted by Crippen LogP contribution is 2.44. The monoisotopic (exact) mass is 1490 g/mol. The van der Waals surface area contributed by atoms with Crippen LogP contribution in [-0.4, -0.2) is 66.8 Å². The van der Waals surface area contributed by atoms with E-state index in [4.69, 9.17) is 48.8 Å². The lowest BCUT2D eigenvalue weighted by Gasteiger charge is -2.33. The van der Waals surface area contributed by atoms with Gasteiger partial charge in [-0.2, -0.15) is 30.0 Å². The maximum atomic E-state index is 15.8. The van der Waals surface area contributed by atoms with Gasteiger partial charge in [0.05, 0.1) is 12.0 Å². The normalized spacial score (nSPS) is 11.6. The Morgan fingerprint density at radius 1 is 0.339 bits per heavy atom. The predicted molar refractivity (Wildman–Crippen MR) is 382 cm³/mol. The van der Waals surface area contributed by atoms with Crippen molar-refractivity contribution in [3.8, 4) is 56.8 Å². The van der Waals surface area contributed by atoms with E-state index < -0.39 is 168 Å². The van der Waals surface area contributed by atoms with Crippen molar-refractivity contribution in [2.75, 3.05) is 56.5 Å². The molecule has 2 aromatic heterocycles. The number of rotatable bonds is 29. The summed E-state index contributed by atoms with van der Waals surface area (Å²) in [5, 5.41) is 21.0. The Hall–Kier alpha value is -13.0. The predicted octanol–water partition coefficient (Wildman–Crippen LogP) is 18.9. The van der Waals surface area contributed by atoms with E-state index in [1.165, 1.54) is 9.59 Å². The third-order valence-corrected chi connectivity index (χ3v) is 17.9. The first-order chi connectivity index (χ1) is 52.7. The second kappa shape index (κ2) is 31.6. The molecule has 0 saturated carbocycles. The molecule has 14 aromatic rings. The molecule has 0 aliphatic heterocycles. The fraction of sp³-hybridized carbons (Fsp3) is 0.133. The number of halogens is 12. The van der Waals surface area contributed by atoms with E-state index >= 15 is 26.3 Å². The molecule has 26 heteroatoms. The summed E-state index contributed by atoms with van der Waals surface area (Å²) >= 11 is 0. The minimum absolute atomic E-state index is 0.0952. The van der Waals surface area contributed by atoms with Gasteiger partial charge < -0.3 is 38.2 Å². The third-order valence-electron chi connectivity index (χ3n) is 17.9. The number of para-hydroxylation sites is 3. The Kier molecular flexibility index (Phi) is 21.1. The van der Waals surface area contributed by atoms with Crippen LogP contribution in [0.5, 0.6) is 34.5 Å². The molecule has 14 nitrogen and oxygen atoms in total. The summed E-state index contributed by atoms with van der Waals surface area (Å²) in [6.07, 6.45) is 0. The van der Waals surface area contributed by atoms with Crippen LogP contribution in [-0.2, 0) is 13.1 Å². The van der Waals surface area contributed by atoms with Crippen molar-refractivity contribution in [3.63, 3.8) is 0 Å². The third kappa shape index (κ3) is 16.5. The molecule has 2 heterocycles. The Morgan fingerprint density at radius 2 is 0.633 bits per heavy atom. The second-order valence-corrected chi connectivity index (χ2v) is 25.8. The molecule has 0 aliphatic rings. The fourth-order valence-corrected chi connectivity index (χ4v) is 12.4. The molecular weight excluding hydrogens is 1430 g/mol. The molecule has 0 aliphatic carbocycles. The van der Waals surface area contributed by atoms with Crippen molar-refractivity contribution in [3.05, 3.63) is 319 Å². The van der Waals surface area contributed by atoms with Crippen LogP contribution in [0.1, 0.15) is 0 Å². The minimum atomic E-state index is -1.87. The fourth-order valence-electron chi connectivity index (χ4n) is 12.4. The smallest absolute Gasteiger partial charge is 0.178 e. The number of ether oxygens (including phenoxy) is 6. The summed E-state index contributed by atoms with van der Waals surface area (Å²) in [5.74, 6) is -15.4. The molecule has 12 aromatic carbocycles. The van der Waals surface area contributed by atoms with Crippen LogP contribution in [0, 0.1) is 80.6 Å². The minimum Gasteiger partial charge on any atom is -0.490 e. The Bertz CT molecular complexity index is 5040. The quantitative estimate of drug-likeness (QED) is 0.0327. The van der Waals surface area contributed by atoms with E-state index in [0.717, 1.165) is 89.9 Å². The average Bonchev–Trinajstić information content (AvgIpc) is 1.58. The van der Waals surface area contributed by atoms with E-state index in [-0.39, 0.29) is 33.2 Å². The SMILES string of the molecule is CN(c1ccccc1)c1ccc(-c2c3nn(CC(COc4ccc(F)cc4F)(COc4ccc(F)cc4F)COc4ccc(F)cc4F)nc3c(-c3ccc(N(c4ccccc4)c4ccccc4)cc3)c3n[n+](CC(COc4ccc(F)cc4F)(COc4ccc(F)cc4F)COc4ccc(F)cc4F)[n-]c23)cc1. The number of hydrogen-bond donors (Lipinski definition) is 0. The standard InChI is InChI=1S/C83H60F12N8O6/c1-100(59-11-5-2-6-12-59)60-27-17-51(18-28-60)76-78-80(98-101(96-78)43-82(45-104-70-31-21-53(84)37-64(70)90,46-105-71-32-22-54(85)38-65(71)91)47-106-72-33-23-55(86)39-66(72)92)77(52-19-29-63(30-20-52)103(61-13-7-3-8-14-61)62-15-9-4-10-16-62)81-79(76)97-102(99-81)44-83(48-107-73-34-24-56(87)40-67(73)93,49-108-74-35-25-57(88)41-68(74)94)50-109-75-36-26-58(89)42-69(75)95/h2-42H,43-50H2,1H3. The molecule has 109 heavy (non-hydrogen) atoms. The van der Waals surface area contributed by atoms with E-state index in [1.807, 2.05) is 132 Å². The number of hydrogen-bond acceptors (Lipinski definition) is 11. The molecule has 0 amide bonds. The van der Waals surface area contributed by atoms with Gasteiger partial charge in [0.2, 0.25) is 0 Å². The Labute approximate surface area is 614 Å². The molecule has 0 spiro atoms. The van der Waals surface area contributed by atoms with Gasteiger partial charge >= 0.3 is 0 Å². The zero-order valence-electron chi connectivity index (χ0n) is 57.4. The highest BCUT2D eigenvalue weighted by molar-refractivity contribution is 6.16. The topological polar surface area (TPSA) is 123 Å². The van der Waals surface area contributed by atoms with Gasteiger partial charge in [0.25, 0.3) is 0 Å². The van der Waals surface area contributed by atoms with Gasteiger partial charge in [-0.1, -0.05) is 78.9 Å². The van der Waals surface area contributed by atoms with Crippen molar-refractivity contribution < 1.29 is 85.9 Å². The van der Waals surface area contributed by atoms with Gasteiger partial charge in [0.15, 0.2) is 75.9 Å². The molecule has 0 fully saturated rings. The van der Waals surface area contributed by atoms with E-state index in [9.17, 15) is 26.3 Å². The zero-order chi connectivity index (χ0) is 75.9. The molecule has 0 unspecified atom stereocenters. The number of anilines is 5. The van der Waals surface area contributed by atoms with Gasteiger partial charge in [-0.15, -0.1) is 0 Å². The second-order valence-electron chi connectivity index (χ2n) is 25.8. The highest BCUT2D eigenvalue weighted by Gasteiger charge is 2.42. The van der Waals surface area contributed by atoms with Gasteiger partial charge in [0, 0.05) is 94.0 Å². The summed E-state index contributed by atoms with van der Waals surface area (Å²) in [6, 6.07) is 58.1. The van der Waals surface area contributed by atoms with E-state index in [0.29, 0.717) is 58.9 Å². The molecule has 14 rings (SSSR count). The van der Waals surface area contributed by atoms with Gasteiger partial charge in [-0.05, 0) is 145 Å². The largest absolute Gasteiger partial charge is 0.490 e. The summed E-state index contributed by atoms with van der Waals surface area (Å²) < 4.78 is 219. The lowest BCUT2D eigenvalue weighted by Crippen LogP contribution is -2.55. The maximum absolute atomic E-state index is 15.8. The van der Waals surface area contributed by atoms with Crippen LogP contribution < -0.4 is 48.1 Å². The van der Waals surface area contributed by atoms with Crippen LogP contribution in [0.4, 0.5) is 81.1 Å². The van der Waals surface area contributed by atoms with Crippen LogP contribution in [0.2, 0.25) is 0 Å². The Balaban J connectivity index is 1.00. The van der Waals surface area contributed by atoms with Gasteiger partial charge in [-0.25, -0.2) is 52.7 Å². The Morgan fingerprint density at radius 3 is 0.982 bits per heavy atom. The van der Waals surface area contributed by atoms with Crippen molar-refractivity contribution >= 4 is 50.5 Å². The first-order valence-electron chi connectivity index (χ1n) is 33.7. The first kappa shape index (κ1) is 72.9. The molecule has 0 bridgehead atoms. The zero-order valence-corrected chi connectivity index (χ0v) is 57.4. The number of fused-ring (bicyclic) bond motifs is 2. The molecule has 552 valence electrons. The summed E-state index contributed by atoms with van der Waals surface area (Å²) in [7, 11) is 1.86. The van der Waals surface area contributed by atoms with Crippen LogP contribution in [0.15, 0.2) is 249 Å². The summed E-state index contributed by atoms with van der Waals surface area (Å²) in [6.45, 7) is -5.24. The molecular formula is C83H60F12N8O6. The lowest BCUT2D eigenvalue weighted by molar-refractivity contribution is -0.814. The van der Waals surface area contributed by atoms with Gasteiger partial charge in [0.1, 0.15) is 91.0 Å². The number of aromatic nitrogens is 6. The highest BCUT2D eigenvalue weighted by atomic mass is 19.2. The molecule has 0 radical (unpaired) electrons. The van der Waals surface area contributed by atoms with Gasteiger partial charge in [-0.3, -0.25) is 0 Å². The van der Waals surface area contributed by atoms with Crippen molar-refractivity contribution in [1.82, 2.24) is 25.2 Å². The summed E-state index contributed by atoms with van der Waals surface area (Å²) in [4.78, 5) is 6.36. The molecule has 0 atom stereocenters. The lowest BCUT2D eigenvalue weighted by atomic mass is 9.91. The van der Waals surface area contributed by atoms with Crippen LogP contribution >= 0.6 is 0 Å². The van der Waals surface area contributed by atoms with Crippen molar-refractivity contribution in [2.45, 2.75) is 13.1 Å². The number of nitrogens with zero attached hydrogens (tertiary/aromatic N) is 8. The molecule has 0 N–H and O–H groups in total. The average molecular weight is 1490 g/mol.